The highest BCUT2D eigenvalue weighted by molar-refractivity contribution is 7.17. The summed E-state index contributed by atoms with van der Waals surface area (Å²) in [5.74, 6) is -0.866. The van der Waals surface area contributed by atoms with Crippen molar-refractivity contribution in [3.05, 3.63) is 35.2 Å². The molecule has 5 heteroatoms. The van der Waals surface area contributed by atoms with Crippen molar-refractivity contribution in [1.82, 2.24) is 4.90 Å². The number of hydrogen-bond acceptors (Lipinski definition) is 3. The predicted octanol–water partition coefficient (Wildman–Crippen LogP) is 3.16. The second-order valence-corrected chi connectivity index (χ2v) is 5.98. The highest BCUT2D eigenvalue weighted by atomic mass is 32.1. The standard InChI is InChI=1S/C16H19NO3S/c1-17(10-9-16(19)20)15(18)8-4-5-12-11-21-14-7-3-2-6-13(12)14/h2-3,6-7,11H,4-5,8-10H2,1H3,(H,19,20). The van der Waals surface area contributed by atoms with Crippen molar-refractivity contribution >= 4 is 33.3 Å². The van der Waals surface area contributed by atoms with Crippen LogP contribution < -0.4 is 0 Å². The van der Waals surface area contributed by atoms with Gasteiger partial charge >= 0.3 is 5.97 Å². The molecular weight excluding hydrogens is 286 g/mol. The van der Waals surface area contributed by atoms with Crippen LogP contribution in [0.25, 0.3) is 10.1 Å². The number of aliphatic carboxylic acids is 1. The summed E-state index contributed by atoms with van der Waals surface area (Å²) in [7, 11) is 1.66. The van der Waals surface area contributed by atoms with Crippen molar-refractivity contribution < 1.29 is 14.7 Å². The molecule has 0 bridgehead atoms. The van der Waals surface area contributed by atoms with Crippen LogP contribution in [0, 0.1) is 0 Å². The minimum absolute atomic E-state index is 0.00257. The smallest absolute Gasteiger partial charge is 0.305 e. The summed E-state index contributed by atoms with van der Waals surface area (Å²) in [5.41, 5.74) is 1.29. The molecule has 0 atom stereocenters. The van der Waals surface area contributed by atoms with Gasteiger partial charge in [-0.25, -0.2) is 0 Å². The van der Waals surface area contributed by atoms with Gasteiger partial charge in [0.2, 0.25) is 5.91 Å². The van der Waals surface area contributed by atoms with E-state index in [2.05, 4.69) is 17.5 Å². The molecule has 1 aromatic heterocycles. The summed E-state index contributed by atoms with van der Waals surface area (Å²) in [5, 5.41) is 12.0. The van der Waals surface area contributed by atoms with Crippen LogP contribution in [0.3, 0.4) is 0 Å². The fourth-order valence-electron chi connectivity index (χ4n) is 2.24. The van der Waals surface area contributed by atoms with E-state index in [0.717, 1.165) is 12.8 Å². The summed E-state index contributed by atoms with van der Waals surface area (Å²) in [6.07, 6.45) is 2.12. The lowest BCUT2D eigenvalue weighted by molar-refractivity contribution is -0.138. The number of benzene rings is 1. The Morgan fingerprint density at radius 2 is 2.00 bits per heavy atom. The molecule has 0 radical (unpaired) electrons. The van der Waals surface area contributed by atoms with Crippen LogP contribution in [-0.4, -0.2) is 35.5 Å². The van der Waals surface area contributed by atoms with Crippen molar-refractivity contribution in [3.63, 3.8) is 0 Å². The summed E-state index contributed by atoms with van der Waals surface area (Å²) in [6, 6.07) is 8.28. The quantitative estimate of drug-likeness (QED) is 0.855. The number of nitrogens with zero attached hydrogens (tertiary/aromatic N) is 1. The van der Waals surface area contributed by atoms with Crippen molar-refractivity contribution in [3.8, 4) is 0 Å². The van der Waals surface area contributed by atoms with Gasteiger partial charge in [-0.1, -0.05) is 18.2 Å². The Hall–Kier alpha value is -1.88. The van der Waals surface area contributed by atoms with Crippen LogP contribution >= 0.6 is 11.3 Å². The summed E-state index contributed by atoms with van der Waals surface area (Å²) in [6.45, 7) is 0.273. The fraction of sp³-hybridized carbons (Fsp3) is 0.375. The van der Waals surface area contributed by atoms with Gasteiger partial charge in [-0.2, -0.15) is 0 Å². The first-order valence-electron chi connectivity index (χ1n) is 6.99. The summed E-state index contributed by atoms with van der Waals surface area (Å²) in [4.78, 5) is 23.9. The molecule has 21 heavy (non-hydrogen) atoms. The molecule has 2 aromatic rings. The molecule has 1 heterocycles. The number of carboxylic acid groups (broad SMARTS) is 1. The van der Waals surface area contributed by atoms with E-state index in [0.29, 0.717) is 6.42 Å². The first-order chi connectivity index (χ1) is 10.1. The Morgan fingerprint density at radius 3 is 2.76 bits per heavy atom. The van der Waals surface area contributed by atoms with Crippen LogP contribution in [-0.2, 0) is 16.0 Å². The Morgan fingerprint density at radius 1 is 1.24 bits per heavy atom. The van der Waals surface area contributed by atoms with Crippen molar-refractivity contribution in [2.75, 3.05) is 13.6 Å². The number of aryl methyl sites for hydroxylation is 1. The molecule has 0 unspecified atom stereocenters. The van der Waals surface area contributed by atoms with Gasteiger partial charge in [0, 0.05) is 24.7 Å². The van der Waals surface area contributed by atoms with E-state index < -0.39 is 5.97 Å². The van der Waals surface area contributed by atoms with Crippen LogP contribution in [0.5, 0.6) is 0 Å². The Kier molecular flexibility index (Phi) is 5.33. The van der Waals surface area contributed by atoms with Crippen LogP contribution in [0.15, 0.2) is 29.6 Å². The number of fused-ring (bicyclic) bond motifs is 1. The molecule has 0 saturated carbocycles. The molecule has 0 saturated heterocycles. The lowest BCUT2D eigenvalue weighted by Gasteiger charge is -2.15. The molecule has 0 fully saturated rings. The van der Waals surface area contributed by atoms with Gasteiger partial charge in [-0.05, 0) is 35.2 Å². The van der Waals surface area contributed by atoms with Crippen LogP contribution in [0.2, 0.25) is 0 Å². The fourth-order valence-corrected chi connectivity index (χ4v) is 3.23. The number of thiophene rings is 1. The largest absolute Gasteiger partial charge is 0.481 e. The van der Waals surface area contributed by atoms with Crippen LogP contribution in [0.1, 0.15) is 24.8 Å². The number of amides is 1. The van der Waals surface area contributed by atoms with Gasteiger partial charge in [0.25, 0.3) is 0 Å². The molecule has 1 aromatic carbocycles. The Bertz CT molecular complexity index is 635. The van der Waals surface area contributed by atoms with E-state index in [4.69, 9.17) is 5.11 Å². The van der Waals surface area contributed by atoms with Gasteiger partial charge in [0.15, 0.2) is 0 Å². The molecule has 112 valence electrons. The van der Waals surface area contributed by atoms with Gasteiger partial charge < -0.3 is 10.0 Å². The Balaban J connectivity index is 1.81. The van der Waals surface area contributed by atoms with Gasteiger partial charge in [-0.3, -0.25) is 9.59 Å². The maximum atomic E-state index is 11.9. The summed E-state index contributed by atoms with van der Waals surface area (Å²) < 4.78 is 1.28. The zero-order chi connectivity index (χ0) is 15.2. The van der Waals surface area contributed by atoms with E-state index in [9.17, 15) is 9.59 Å². The molecule has 0 spiro atoms. The molecule has 0 aliphatic carbocycles. The highest BCUT2D eigenvalue weighted by Crippen LogP contribution is 2.26. The summed E-state index contributed by atoms with van der Waals surface area (Å²) >= 11 is 1.73. The number of hydrogen-bond donors (Lipinski definition) is 1. The average Bonchev–Trinajstić information content (AvgIpc) is 2.88. The average molecular weight is 305 g/mol. The Labute approximate surface area is 128 Å². The van der Waals surface area contributed by atoms with Gasteiger partial charge in [0.1, 0.15) is 0 Å². The number of rotatable bonds is 7. The zero-order valence-electron chi connectivity index (χ0n) is 12.0. The number of carbonyl (C=O) groups excluding carboxylic acids is 1. The molecule has 4 nitrogen and oxygen atoms in total. The van der Waals surface area contributed by atoms with Crippen molar-refractivity contribution in [2.45, 2.75) is 25.7 Å². The monoisotopic (exact) mass is 305 g/mol. The maximum absolute atomic E-state index is 11.9. The lowest BCUT2D eigenvalue weighted by atomic mass is 10.1. The van der Waals surface area contributed by atoms with E-state index >= 15 is 0 Å². The van der Waals surface area contributed by atoms with E-state index in [-0.39, 0.29) is 18.9 Å². The van der Waals surface area contributed by atoms with Crippen molar-refractivity contribution in [1.29, 1.82) is 0 Å². The molecule has 1 N–H and O–H groups in total. The molecular formula is C16H19NO3S. The molecule has 2 rings (SSSR count). The SMILES string of the molecule is CN(CCC(=O)O)C(=O)CCCc1csc2ccccc12. The van der Waals surface area contributed by atoms with Crippen molar-refractivity contribution in [2.24, 2.45) is 0 Å². The van der Waals surface area contributed by atoms with E-state index in [1.165, 1.54) is 20.5 Å². The maximum Gasteiger partial charge on any atom is 0.305 e. The van der Waals surface area contributed by atoms with Gasteiger partial charge in [-0.15, -0.1) is 11.3 Å². The second kappa shape index (κ2) is 7.22. The minimum Gasteiger partial charge on any atom is -0.481 e. The highest BCUT2D eigenvalue weighted by Gasteiger charge is 2.10. The molecule has 0 aliphatic rings. The topological polar surface area (TPSA) is 57.6 Å². The van der Waals surface area contributed by atoms with Crippen LogP contribution in [0.4, 0.5) is 0 Å². The molecule has 1 amide bonds. The van der Waals surface area contributed by atoms with E-state index in [1.807, 2.05) is 12.1 Å². The second-order valence-electron chi connectivity index (χ2n) is 5.07. The number of carbonyl (C=O) groups is 2. The normalized spacial score (nSPS) is 10.7. The third-order valence-corrected chi connectivity index (χ3v) is 4.50. The minimum atomic E-state index is -0.876. The lowest BCUT2D eigenvalue weighted by Crippen LogP contribution is -2.28. The first-order valence-corrected chi connectivity index (χ1v) is 7.87. The zero-order valence-corrected chi connectivity index (χ0v) is 12.9. The van der Waals surface area contributed by atoms with E-state index in [1.54, 1.807) is 18.4 Å². The molecule has 0 aliphatic heterocycles. The first kappa shape index (κ1) is 15.5. The predicted molar refractivity (Wildman–Crippen MR) is 84.7 cm³/mol. The third kappa shape index (κ3) is 4.29. The number of carboxylic acids is 1. The van der Waals surface area contributed by atoms with Gasteiger partial charge in [0.05, 0.1) is 6.42 Å². The third-order valence-electron chi connectivity index (χ3n) is 3.48.